The number of hydrogen-bond acceptors (Lipinski definition) is 7. The van der Waals surface area contributed by atoms with Crippen molar-refractivity contribution < 1.29 is 4.79 Å². The van der Waals surface area contributed by atoms with Crippen molar-refractivity contribution >= 4 is 46.2 Å². The zero-order valence-corrected chi connectivity index (χ0v) is 15.9. The van der Waals surface area contributed by atoms with Crippen molar-refractivity contribution in [3.05, 3.63) is 47.1 Å². The SMILES string of the molecule is CCSc1ncc2c(=O)n(CC(=O)Nc3cccc(SC)c3)cnc2n1. The molecule has 1 amide bonds. The number of rotatable bonds is 6. The molecule has 7 nitrogen and oxygen atoms in total. The first-order chi connectivity index (χ1) is 12.6. The van der Waals surface area contributed by atoms with Gasteiger partial charge in [0.1, 0.15) is 18.3 Å². The van der Waals surface area contributed by atoms with Gasteiger partial charge in [0, 0.05) is 16.8 Å². The van der Waals surface area contributed by atoms with Gasteiger partial charge in [-0.1, -0.05) is 24.8 Å². The maximum atomic E-state index is 12.5. The summed E-state index contributed by atoms with van der Waals surface area (Å²) in [7, 11) is 0. The summed E-state index contributed by atoms with van der Waals surface area (Å²) >= 11 is 3.07. The van der Waals surface area contributed by atoms with Gasteiger partial charge in [0.25, 0.3) is 5.56 Å². The van der Waals surface area contributed by atoms with Gasteiger partial charge in [-0.05, 0) is 30.2 Å². The number of nitrogens with zero attached hydrogens (tertiary/aromatic N) is 4. The molecule has 2 heterocycles. The summed E-state index contributed by atoms with van der Waals surface area (Å²) in [6.45, 7) is 1.87. The molecule has 0 bridgehead atoms. The lowest BCUT2D eigenvalue weighted by Crippen LogP contribution is -2.28. The predicted molar refractivity (Wildman–Crippen MR) is 105 cm³/mol. The maximum Gasteiger partial charge on any atom is 0.264 e. The molecule has 26 heavy (non-hydrogen) atoms. The third-order valence-corrected chi connectivity index (χ3v) is 4.97. The average molecular weight is 387 g/mol. The van der Waals surface area contributed by atoms with E-state index in [1.165, 1.54) is 28.9 Å². The Bertz CT molecular complexity index is 1010. The van der Waals surface area contributed by atoms with Gasteiger partial charge < -0.3 is 5.32 Å². The summed E-state index contributed by atoms with van der Waals surface area (Å²) in [5.41, 5.74) is 0.689. The number of amides is 1. The van der Waals surface area contributed by atoms with E-state index in [1.807, 2.05) is 31.4 Å². The first-order valence-corrected chi connectivity index (χ1v) is 10.1. The lowest BCUT2D eigenvalue weighted by atomic mass is 10.3. The van der Waals surface area contributed by atoms with Gasteiger partial charge in [-0.25, -0.2) is 15.0 Å². The van der Waals surface area contributed by atoms with Gasteiger partial charge in [0.2, 0.25) is 5.91 Å². The standard InChI is InChI=1S/C17H17N5O2S2/c1-3-26-17-18-8-13-15(21-17)19-10-22(16(13)24)9-14(23)20-11-5-4-6-12(7-11)25-2/h4-8,10H,3,9H2,1-2H3,(H,20,23). The van der Waals surface area contributed by atoms with Crippen molar-refractivity contribution in [2.45, 2.75) is 23.5 Å². The molecule has 3 rings (SSSR count). The first kappa shape index (κ1) is 18.4. The van der Waals surface area contributed by atoms with Crippen molar-refractivity contribution in [1.82, 2.24) is 19.5 Å². The smallest absolute Gasteiger partial charge is 0.264 e. The third-order valence-electron chi connectivity index (χ3n) is 3.50. The summed E-state index contributed by atoms with van der Waals surface area (Å²) in [4.78, 5) is 38.5. The molecule has 9 heteroatoms. The fraction of sp³-hybridized carbons (Fsp3) is 0.235. The number of hydrogen-bond donors (Lipinski definition) is 1. The van der Waals surface area contributed by atoms with Crippen molar-refractivity contribution in [3.8, 4) is 0 Å². The number of fused-ring (bicyclic) bond motifs is 1. The highest BCUT2D eigenvalue weighted by Gasteiger charge is 2.11. The van der Waals surface area contributed by atoms with Gasteiger partial charge in [0.05, 0.1) is 0 Å². The topological polar surface area (TPSA) is 89.8 Å². The highest BCUT2D eigenvalue weighted by molar-refractivity contribution is 7.99. The van der Waals surface area contributed by atoms with Crippen LogP contribution in [0.5, 0.6) is 0 Å². The van der Waals surface area contributed by atoms with Crippen LogP contribution in [0, 0.1) is 0 Å². The van der Waals surface area contributed by atoms with E-state index in [4.69, 9.17) is 0 Å². The van der Waals surface area contributed by atoms with Crippen molar-refractivity contribution in [3.63, 3.8) is 0 Å². The Labute approximate surface area is 158 Å². The van der Waals surface area contributed by atoms with Crippen LogP contribution in [0.15, 0.2) is 51.6 Å². The lowest BCUT2D eigenvalue weighted by molar-refractivity contribution is -0.116. The van der Waals surface area contributed by atoms with Crippen molar-refractivity contribution in [2.24, 2.45) is 0 Å². The molecule has 0 aliphatic rings. The zero-order valence-electron chi connectivity index (χ0n) is 14.3. The van der Waals surface area contributed by atoms with Gasteiger partial charge in [0.15, 0.2) is 10.8 Å². The summed E-state index contributed by atoms with van der Waals surface area (Å²) in [5, 5.41) is 3.67. The minimum absolute atomic E-state index is 0.128. The van der Waals surface area contributed by atoms with Crippen LogP contribution in [0.25, 0.3) is 11.0 Å². The molecule has 0 spiro atoms. The molecule has 0 saturated heterocycles. The molecule has 2 aromatic heterocycles. The van der Waals surface area contributed by atoms with Crippen LogP contribution in [0.4, 0.5) is 5.69 Å². The first-order valence-electron chi connectivity index (χ1n) is 7.89. The Morgan fingerprint density at radius 3 is 2.92 bits per heavy atom. The van der Waals surface area contributed by atoms with Crippen LogP contribution < -0.4 is 10.9 Å². The highest BCUT2D eigenvalue weighted by atomic mass is 32.2. The zero-order chi connectivity index (χ0) is 18.5. The monoisotopic (exact) mass is 387 g/mol. The van der Waals surface area contributed by atoms with E-state index < -0.39 is 0 Å². The normalized spacial score (nSPS) is 10.8. The van der Waals surface area contributed by atoms with Crippen LogP contribution in [0.3, 0.4) is 0 Å². The summed E-state index contributed by atoms with van der Waals surface area (Å²) in [5.74, 6) is 0.533. The summed E-state index contributed by atoms with van der Waals surface area (Å²) in [6, 6.07) is 7.52. The minimum Gasteiger partial charge on any atom is -0.324 e. The van der Waals surface area contributed by atoms with Crippen LogP contribution in [0.1, 0.15) is 6.92 Å². The number of carbonyl (C=O) groups is 1. The number of carbonyl (C=O) groups excluding carboxylic acids is 1. The molecule has 1 N–H and O–H groups in total. The molecule has 0 saturated carbocycles. The Kier molecular flexibility index (Phi) is 5.89. The van der Waals surface area contributed by atoms with Gasteiger partial charge in [-0.2, -0.15) is 0 Å². The fourth-order valence-electron chi connectivity index (χ4n) is 2.31. The van der Waals surface area contributed by atoms with E-state index in [0.29, 0.717) is 21.9 Å². The van der Waals surface area contributed by atoms with E-state index in [0.717, 1.165) is 10.6 Å². The molecule has 0 unspecified atom stereocenters. The second-order valence-corrected chi connectivity index (χ2v) is 7.39. The Morgan fingerprint density at radius 1 is 1.31 bits per heavy atom. The number of anilines is 1. The second-order valence-electron chi connectivity index (χ2n) is 5.28. The molecule has 0 atom stereocenters. The average Bonchev–Trinajstić information content (AvgIpc) is 2.64. The lowest BCUT2D eigenvalue weighted by Gasteiger charge is -2.09. The van der Waals surface area contributed by atoms with Gasteiger partial charge in [-0.15, -0.1) is 11.8 Å². The molecule has 0 aliphatic heterocycles. The second kappa shape index (κ2) is 8.33. The number of nitrogens with one attached hydrogen (secondary N) is 1. The van der Waals surface area contributed by atoms with Crippen molar-refractivity contribution in [2.75, 3.05) is 17.3 Å². The van der Waals surface area contributed by atoms with Crippen LogP contribution in [0.2, 0.25) is 0 Å². The van der Waals surface area contributed by atoms with E-state index in [2.05, 4.69) is 20.3 Å². The number of aromatic nitrogens is 4. The van der Waals surface area contributed by atoms with Gasteiger partial charge in [-0.3, -0.25) is 14.2 Å². The third kappa shape index (κ3) is 4.23. The largest absolute Gasteiger partial charge is 0.324 e. The molecule has 0 aliphatic carbocycles. The predicted octanol–water partition coefficient (Wildman–Crippen LogP) is 2.66. The van der Waals surface area contributed by atoms with Gasteiger partial charge >= 0.3 is 0 Å². The molecule has 134 valence electrons. The molecule has 0 radical (unpaired) electrons. The van der Waals surface area contributed by atoms with Crippen LogP contribution in [-0.2, 0) is 11.3 Å². The molecule has 3 aromatic rings. The van der Waals surface area contributed by atoms with Crippen LogP contribution in [-0.4, -0.2) is 37.4 Å². The minimum atomic E-state index is -0.337. The molecule has 0 fully saturated rings. The highest BCUT2D eigenvalue weighted by Crippen LogP contribution is 2.19. The van der Waals surface area contributed by atoms with Crippen LogP contribution >= 0.6 is 23.5 Å². The summed E-state index contributed by atoms with van der Waals surface area (Å²) in [6.07, 6.45) is 4.77. The van der Waals surface area contributed by atoms with Crippen molar-refractivity contribution in [1.29, 1.82) is 0 Å². The van der Waals surface area contributed by atoms with E-state index in [1.54, 1.807) is 17.8 Å². The Balaban J connectivity index is 1.79. The summed E-state index contributed by atoms with van der Waals surface area (Å²) < 4.78 is 1.26. The Hall–Kier alpha value is -2.39. The molecular weight excluding hydrogens is 370 g/mol. The number of thioether (sulfide) groups is 2. The Morgan fingerprint density at radius 2 is 2.15 bits per heavy atom. The molecule has 1 aromatic carbocycles. The van der Waals surface area contributed by atoms with E-state index >= 15 is 0 Å². The van der Waals surface area contributed by atoms with E-state index in [-0.39, 0.29) is 18.0 Å². The maximum absolute atomic E-state index is 12.5. The quantitative estimate of drug-likeness (QED) is 0.514. The number of benzene rings is 1. The fourth-order valence-corrected chi connectivity index (χ4v) is 3.30. The van der Waals surface area contributed by atoms with E-state index in [9.17, 15) is 9.59 Å². The molecular formula is C17H17N5O2S2.